The van der Waals surface area contributed by atoms with Crippen molar-refractivity contribution in [2.75, 3.05) is 6.61 Å². The molecule has 0 unspecified atom stereocenters. The molecule has 68 valence electrons. The van der Waals surface area contributed by atoms with Crippen LogP contribution in [0.4, 0.5) is 0 Å². The maximum absolute atomic E-state index is 5.46. The van der Waals surface area contributed by atoms with Gasteiger partial charge in [0, 0.05) is 6.54 Å². The average molecular weight is 188 g/mol. The highest BCUT2D eigenvalue weighted by molar-refractivity contribution is 5.85. The molecule has 0 spiro atoms. The van der Waals surface area contributed by atoms with Gasteiger partial charge < -0.3 is 10.5 Å². The van der Waals surface area contributed by atoms with Gasteiger partial charge in [-0.2, -0.15) is 0 Å². The minimum absolute atomic E-state index is 0. The summed E-state index contributed by atoms with van der Waals surface area (Å²) in [5.41, 5.74) is 6.57. The van der Waals surface area contributed by atoms with E-state index in [0.717, 1.165) is 11.3 Å². The lowest BCUT2D eigenvalue weighted by molar-refractivity contribution is 0.340. The van der Waals surface area contributed by atoms with Gasteiger partial charge >= 0.3 is 0 Å². The average Bonchev–Trinajstić information content (AvgIpc) is 2.06. The van der Waals surface area contributed by atoms with Gasteiger partial charge in [0.15, 0.2) is 0 Å². The molecule has 0 fully saturated rings. The fourth-order valence-corrected chi connectivity index (χ4v) is 0.929. The zero-order chi connectivity index (χ0) is 8.10. The van der Waals surface area contributed by atoms with E-state index in [-0.39, 0.29) is 12.4 Å². The number of ether oxygens (including phenoxy) is 1. The molecule has 2 nitrogen and oxygen atoms in total. The molecule has 0 radical (unpaired) electrons. The van der Waals surface area contributed by atoms with Gasteiger partial charge in [0.1, 0.15) is 5.75 Å². The number of hydrogen-bond donors (Lipinski definition) is 1. The van der Waals surface area contributed by atoms with E-state index in [0.29, 0.717) is 13.2 Å². The molecule has 0 aliphatic heterocycles. The maximum atomic E-state index is 5.46. The molecule has 0 amide bonds. The van der Waals surface area contributed by atoms with Gasteiger partial charge in [-0.05, 0) is 24.6 Å². The van der Waals surface area contributed by atoms with E-state index in [2.05, 4.69) is 0 Å². The van der Waals surface area contributed by atoms with Gasteiger partial charge in [0.05, 0.1) is 6.61 Å². The van der Waals surface area contributed by atoms with E-state index < -0.39 is 0 Å². The molecule has 0 atom stereocenters. The third kappa shape index (κ3) is 3.11. The summed E-state index contributed by atoms with van der Waals surface area (Å²) in [6.45, 7) is 3.24. The number of nitrogens with two attached hydrogens (primary N) is 1. The number of hydrogen-bond acceptors (Lipinski definition) is 2. The van der Waals surface area contributed by atoms with Crippen LogP contribution in [0.1, 0.15) is 12.5 Å². The van der Waals surface area contributed by atoms with Gasteiger partial charge in [-0.3, -0.25) is 0 Å². The second kappa shape index (κ2) is 5.86. The van der Waals surface area contributed by atoms with Crippen molar-refractivity contribution >= 4 is 12.4 Å². The lowest BCUT2D eigenvalue weighted by Gasteiger charge is -2.03. The fraction of sp³-hybridized carbons (Fsp3) is 0.333. The molecule has 0 aliphatic rings. The van der Waals surface area contributed by atoms with E-state index in [9.17, 15) is 0 Å². The lowest BCUT2D eigenvalue weighted by Crippen LogP contribution is -1.97. The Hall–Kier alpha value is -0.730. The highest BCUT2D eigenvalue weighted by Gasteiger charge is 1.92. The van der Waals surface area contributed by atoms with Crippen LogP contribution in [0.2, 0.25) is 0 Å². The molecule has 1 aromatic rings. The first-order chi connectivity index (χ1) is 5.36. The SMILES string of the molecule is CCOc1cccc(CN)c1.Cl. The first-order valence-corrected chi connectivity index (χ1v) is 3.78. The number of rotatable bonds is 3. The van der Waals surface area contributed by atoms with Crippen LogP contribution in [-0.4, -0.2) is 6.61 Å². The summed E-state index contributed by atoms with van der Waals surface area (Å²) in [7, 11) is 0. The first kappa shape index (κ1) is 11.3. The minimum atomic E-state index is 0. The van der Waals surface area contributed by atoms with Crippen molar-refractivity contribution < 1.29 is 4.74 Å². The molecule has 3 heteroatoms. The van der Waals surface area contributed by atoms with E-state index in [4.69, 9.17) is 10.5 Å². The third-order valence-corrected chi connectivity index (χ3v) is 1.45. The molecule has 0 aliphatic carbocycles. The smallest absolute Gasteiger partial charge is 0.119 e. The van der Waals surface area contributed by atoms with Crippen LogP contribution in [-0.2, 0) is 6.54 Å². The first-order valence-electron chi connectivity index (χ1n) is 3.78. The molecular weight excluding hydrogens is 174 g/mol. The normalized spacial score (nSPS) is 8.83. The summed E-state index contributed by atoms with van der Waals surface area (Å²) in [6, 6.07) is 7.84. The molecule has 0 bridgehead atoms. The van der Waals surface area contributed by atoms with Crippen molar-refractivity contribution in [3.05, 3.63) is 29.8 Å². The third-order valence-electron chi connectivity index (χ3n) is 1.45. The Morgan fingerprint density at radius 1 is 1.42 bits per heavy atom. The van der Waals surface area contributed by atoms with Crippen molar-refractivity contribution in [3.8, 4) is 5.75 Å². The van der Waals surface area contributed by atoms with Crippen LogP contribution < -0.4 is 10.5 Å². The Labute approximate surface area is 79.1 Å². The van der Waals surface area contributed by atoms with E-state index in [1.165, 1.54) is 0 Å². The molecule has 0 saturated heterocycles. The summed E-state index contributed by atoms with van der Waals surface area (Å²) in [4.78, 5) is 0. The second-order valence-corrected chi connectivity index (χ2v) is 2.28. The standard InChI is InChI=1S/C9H13NO.ClH/c1-2-11-9-5-3-4-8(6-9)7-10;/h3-6H,2,7,10H2,1H3;1H. The number of benzene rings is 1. The molecule has 1 aromatic carbocycles. The molecule has 1 rings (SSSR count). The zero-order valence-corrected chi connectivity index (χ0v) is 7.93. The van der Waals surface area contributed by atoms with Gasteiger partial charge in [-0.15, -0.1) is 12.4 Å². The number of halogens is 1. The largest absolute Gasteiger partial charge is 0.494 e. The topological polar surface area (TPSA) is 35.2 Å². The van der Waals surface area contributed by atoms with Crippen LogP contribution in [0.25, 0.3) is 0 Å². The van der Waals surface area contributed by atoms with Gasteiger partial charge in [0.2, 0.25) is 0 Å². The van der Waals surface area contributed by atoms with Crippen LogP contribution >= 0.6 is 12.4 Å². The fourth-order valence-electron chi connectivity index (χ4n) is 0.929. The summed E-state index contributed by atoms with van der Waals surface area (Å²) >= 11 is 0. The van der Waals surface area contributed by atoms with E-state index in [1.807, 2.05) is 31.2 Å². The van der Waals surface area contributed by atoms with Crippen molar-refractivity contribution in [1.82, 2.24) is 0 Å². The van der Waals surface area contributed by atoms with Crippen molar-refractivity contribution in [3.63, 3.8) is 0 Å². The molecule has 0 heterocycles. The van der Waals surface area contributed by atoms with Crippen molar-refractivity contribution in [2.24, 2.45) is 5.73 Å². The summed E-state index contributed by atoms with van der Waals surface area (Å²) in [5.74, 6) is 0.899. The Morgan fingerprint density at radius 2 is 2.17 bits per heavy atom. The molecular formula is C9H14ClNO. The van der Waals surface area contributed by atoms with Crippen LogP contribution in [0.15, 0.2) is 24.3 Å². The van der Waals surface area contributed by atoms with Gasteiger partial charge in [-0.1, -0.05) is 12.1 Å². The van der Waals surface area contributed by atoms with Crippen LogP contribution in [0, 0.1) is 0 Å². The maximum Gasteiger partial charge on any atom is 0.119 e. The molecule has 0 saturated carbocycles. The quantitative estimate of drug-likeness (QED) is 0.786. The monoisotopic (exact) mass is 187 g/mol. The summed E-state index contributed by atoms with van der Waals surface area (Å²) in [6.07, 6.45) is 0. The van der Waals surface area contributed by atoms with Crippen LogP contribution in [0.5, 0.6) is 5.75 Å². The van der Waals surface area contributed by atoms with E-state index >= 15 is 0 Å². The lowest BCUT2D eigenvalue weighted by atomic mass is 10.2. The Balaban J connectivity index is 0.00000121. The Morgan fingerprint density at radius 3 is 2.75 bits per heavy atom. The highest BCUT2D eigenvalue weighted by atomic mass is 35.5. The zero-order valence-electron chi connectivity index (χ0n) is 7.12. The van der Waals surface area contributed by atoms with Crippen LogP contribution in [0.3, 0.4) is 0 Å². The Kier molecular flexibility index (Phi) is 5.51. The predicted molar refractivity (Wildman–Crippen MR) is 52.8 cm³/mol. The second-order valence-electron chi connectivity index (χ2n) is 2.28. The van der Waals surface area contributed by atoms with Crippen molar-refractivity contribution in [2.45, 2.75) is 13.5 Å². The highest BCUT2D eigenvalue weighted by Crippen LogP contribution is 2.12. The molecule has 12 heavy (non-hydrogen) atoms. The molecule has 2 N–H and O–H groups in total. The van der Waals surface area contributed by atoms with Crippen molar-refractivity contribution in [1.29, 1.82) is 0 Å². The predicted octanol–water partition coefficient (Wildman–Crippen LogP) is 1.97. The summed E-state index contributed by atoms with van der Waals surface area (Å²) in [5, 5.41) is 0. The van der Waals surface area contributed by atoms with Gasteiger partial charge in [-0.25, -0.2) is 0 Å². The summed E-state index contributed by atoms with van der Waals surface area (Å²) < 4.78 is 5.29. The Bertz CT molecular complexity index is 228. The minimum Gasteiger partial charge on any atom is -0.494 e. The van der Waals surface area contributed by atoms with Gasteiger partial charge in [0.25, 0.3) is 0 Å². The van der Waals surface area contributed by atoms with E-state index in [1.54, 1.807) is 0 Å². The molecule has 0 aromatic heterocycles.